The number of carbonyl (C=O) groups is 1. The lowest BCUT2D eigenvalue weighted by Crippen LogP contribution is -1.93. The van der Waals surface area contributed by atoms with E-state index in [2.05, 4.69) is 4.98 Å². The summed E-state index contributed by atoms with van der Waals surface area (Å²) < 4.78 is 0. The van der Waals surface area contributed by atoms with Gasteiger partial charge in [-0.2, -0.15) is 0 Å². The van der Waals surface area contributed by atoms with Gasteiger partial charge in [-0.15, -0.1) is 11.3 Å². The number of hydrogen-bond acceptors (Lipinski definition) is 5. The van der Waals surface area contributed by atoms with Gasteiger partial charge >= 0.3 is 5.97 Å². The van der Waals surface area contributed by atoms with Crippen molar-refractivity contribution in [1.82, 2.24) is 4.98 Å². The van der Waals surface area contributed by atoms with E-state index >= 15 is 0 Å². The molecule has 0 atom stereocenters. The predicted molar refractivity (Wildman–Crippen MR) is 54.6 cm³/mol. The lowest BCUT2D eigenvalue weighted by molar-refractivity contribution is 0.0696. The SMILES string of the molecule is N/C=C\C=C(/N)c1cnc(C(=O)O)s1. The standard InChI is InChI=1S/C8H9N3O2S/c9-3-1-2-5(10)6-4-11-7(14-6)8(12)13/h1-4H,9-10H2,(H,12,13)/b3-1-,5-2-. The van der Waals surface area contributed by atoms with Crippen molar-refractivity contribution in [2.45, 2.75) is 0 Å². The summed E-state index contributed by atoms with van der Waals surface area (Å²) in [4.78, 5) is 14.8. The van der Waals surface area contributed by atoms with Crippen LogP contribution in [0.4, 0.5) is 0 Å². The van der Waals surface area contributed by atoms with E-state index in [1.165, 1.54) is 12.4 Å². The molecule has 1 aromatic heterocycles. The zero-order chi connectivity index (χ0) is 10.6. The van der Waals surface area contributed by atoms with Gasteiger partial charge in [0.2, 0.25) is 5.01 Å². The van der Waals surface area contributed by atoms with E-state index in [0.717, 1.165) is 11.3 Å². The van der Waals surface area contributed by atoms with Gasteiger partial charge in [-0.1, -0.05) is 0 Å². The maximum absolute atomic E-state index is 10.5. The zero-order valence-electron chi connectivity index (χ0n) is 7.18. The van der Waals surface area contributed by atoms with Crippen LogP contribution >= 0.6 is 11.3 Å². The molecule has 0 amide bonds. The van der Waals surface area contributed by atoms with Gasteiger partial charge < -0.3 is 16.6 Å². The van der Waals surface area contributed by atoms with Crippen molar-refractivity contribution in [3.63, 3.8) is 0 Å². The second-order valence-electron chi connectivity index (χ2n) is 2.34. The molecule has 0 aromatic carbocycles. The number of aromatic nitrogens is 1. The highest BCUT2D eigenvalue weighted by atomic mass is 32.1. The molecular weight excluding hydrogens is 202 g/mol. The van der Waals surface area contributed by atoms with Gasteiger partial charge in [0, 0.05) is 6.20 Å². The molecule has 0 aliphatic heterocycles. The van der Waals surface area contributed by atoms with Crippen LogP contribution in [0.2, 0.25) is 0 Å². The highest BCUT2D eigenvalue weighted by molar-refractivity contribution is 7.14. The van der Waals surface area contributed by atoms with Gasteiger partial charge in [0.05, 0.1) is 10.6 Å². The van der Waals surface area contributed by atoms with Crippen molar-refractivity contribution in [1.29, 1.82) is 0 Å². The molecule has 5 N–H and O–H groups in total. The number of nitrogens with zero attached hydrogens (tertiary/aromatic N) is 1. The van der Waals surface area contributed by atoms with Crippen LogP contribution < -0.4 is 11.5 Å². The van der Waals surface area contributed by atoms with Crippen LogP contribution in [-0.2, 0) is 0 Å². The van der Waals surface area contributed by atoms with E-state index in [9.17, 15) is 4.79 Å². The second kappa shape index (κ2) is 4.43. The van der Waals surface area contributed by atoms with E-state index in [0.29, 0.717) is 10.6 Å². The monoisotopic (exact) mass is 211 g/mol. The van der Waals surface area contributed by atoms with Crippen LogP contribution in [0.15, 0.2) is 24.5 Å². The Kier molecular flexibility index (Phi) is 3.24. The van der Waals surface area contributed by atoms with Gasteiger partial charge in [0.15, 0.2) is 0 Å². The van der Waals surface area contributed by atoms with Crippen molar-refractivity contribution >= 4 is 23.0 Å². The van der Waals surface area contributed by atoms with E-state index < -0.39 is 5.97 Å². The van der Waals surface area contributed by atoms with Crippen molar-refractivity contribution in [2.24, 2.45) is 11.5 Å². The highest BCUT2D eigenvalue weighted by Gasteiger charge is 2.09. The molecule has 1 heterocycles. The fraction of sp³-hybridized carbons (Fsp3) is 0. The van der Waals surface area contributed by atoms with Crippen molar-refractivity contribution < 1.29 is 9.90 Å². The molecule has 0 aliphatic carbocycles. The maximum Gasteiger partial charge on any atom is 0.365 e. The third-order valence-corrected chi connectivity index (χ3v) is 2.39. The second-order valence-corrected chi connectivity index (χ2v) is 3.37. The first-order chi connectivity index (χ1) is 6.65. The topological polar surface area (TPSA) is 102 Å². The van der Waals surface area contributed by atoms with Crippen molar-refractivity contribution in [3.05, 3.63) is 34.4 Å². The number of allylic oxidation sites excluding steroid dienone is 2. The largest absolute Gasteiger partial charge is 0.476 e. The Bertz CT molecular complexity index is 395. The number of hydrogen-bond donors (Lipinski definition) is 3. The third kappa shape index (κ3) is 2.33. The van der Waals surface area contributed by atoms with Crippen LogP contribution in [0.1, 0.15) is 14.7 Å². The molecule has 0 saturated heterocycles. The fourth-order valence-corrected chi connectivity index (χ4v) is 1.44. The molecule has 5 nitrogen and oxygen atoms in total. The van der Waals surface area contributed by atoms with Gasteiger partial charge in [0.25, 0.3) is 0 Å². The molecule has 74 valence electrons. The molecular formula is C8H9N3O2S. The molecule has 6 heteroatoms. The average Bonchev–Trinajstić information content (AvgIpc) is 2.62. The number of thiazole rings is 1. The number of nitrogens with two attached hydrogens (primary N) is 2. The number of carboxylic acid groups (broad SMARTS) is 1. The van der Waals surface area contributed by atoms with E-state index in [-0.39, 0.29) is 5.01 Å². The number of rotatable bonds is 3. The van der Waals surface area contributed by atoms with Gasteiger partial charge in [-0.25, -0.2) is 9.78 Å². The number of carboxylic acids is 1. The van der Waals surface area contributed by atoms with Gasteiger partial charge in [-0.05, 0) is 18.4 Å². The Labute approximate surface area is 84.4 Å². The third-order valence-electron chi connectivity index (χ3n) is 1.36. The summed E-state index contributed by atoms with van der Waals surface area (Å²) in [6.07, 6.45) is 5.91. The molecule has 0 radical (unpaired) electrons. The first kappa shape index (κ1) is 10.3. The Morgan fingerprint density at radius 1 is 1.64 bits per heavy atom. The molecule has 0 saturated carbocycles. The van der Waals surface area contributed by atoms with Crippen LogP contribution in [0.5, 0.6) is 0 Å². The lowest BCUT2D eigenvalue weighted by Gasteiger charge is -1.91. The molecule has 0 fully saturated rings. The summed E-state index contributed by atoms with van der Waals surface area (Å²) in [5, 5.41) is 8.63. The fourth-order valence-electron chi connectivity index (χ4n) is 0.748. The van der Waals surface area contributed by atoms with Crippen LogP contribution in [-0.4, -0.2) is 16.1 Å². The molecule has 0 unspecified atom stereocenters. The Hall–Kier alpha value is -1.82. The first-order valence-corrected chi connectivity index (χ1v) is 4.50. The Morgan fingerprint density at radius 2 is 2.36 bits per heavy atom. The Balaban J connectivity index is 2.91. The molecule has 1 rings (SSSR count). The average molecular weight is 211 g/mol. The molecule has 0 spiro atoms. The summed E-state index contributed by atoms with van der Waals surface area (Å²) in [6, 6.07) is 0. The normalized spacial score (nSPS) is 12.1. The summed E-state index contributed by atoms with van der Waals surface area (Å²) in [6.45, 7) is 0. The van der Waals surface area contributed by atoms with Crippen LogP contribution in [0.25, 0.3) is 5.70 Å². The number of aromatic carboxylic acids is 1. The summed E-state index contributed by atoms with van der Waals surface area (Å²) in [7, 11) is 0. The summed E-state index contributed by atoms with van der Waals surface area (Å²) >= 11 is 1.02. The van der Waals surface area contributed by atoms with Crippen molar-refractivity contribution in [2.75, 3.05) is 0 Å². The minimum absolute atomic E-state index is 0.0214. The zero-order valence-corrected chi connectivity index (χ0v) is 7.99. The first-order valence-electron chi connectivity index (χ1n) is 3.68. The van der Waals surface area contributed by atoms with E-state index in [1.54, 1.807) is 12.2 Å². The van der Waals surface area contributed by atoms with E-state index in [4.69, 9.17) is 16.6 Å². The predicted octanol–water partition coefficient (Wildman–Crippen LogP) is 0.613. The quantitative estimate of drug-likeness (QED) is 0.636. The van der Waals surface area contributed by atoms with Gasteiger partial charge in [0.1, 0.15) is 0 Å². The smallest absolute Gasteiger partial charge is 0.365 e. The molecule has 0 aliphatic rings. The summed E-state index contributed by atoms with van der Waals surface area (Å²) in [5.41, 5.74) is 11.2. The minimum atomic E-state index is -1.05. The van der Waals surface area contributed by atoms with Gasteiger partial charge in [-0.3, -0.25) is 0 Å². The molecule has 14 heavy (non-hydrogen) atoms. The van der Waals surface area contributed by atoms with Crippen LogP contribution in [0.3, 0.4) is 0 Å². The lowest BCUT2D eigenvalue weighted by atomic mass is 10.3. The summed E-state index contributed by atoms with van der Waals surface area (Å²) in [5.74, 6) is -1.05. The van der Waals surface area contributed by atoms with Crippen LogP contribution in [0, 0.1) is 0 Å². The van der Waals surface area contributed by atoms with Crippen molar-refractivity contribution in [3.8, 4) is 0 Å². The minimum Gasteiger partial charge on any atom is -0.476 e. The Morgan fingerprint density at radius 3 is 2.86 bits per heavy atom. The maximum atomic E-state index is 10.5. The molecule has 0 bridgehead atoms. The highest BCUT2D eigenvalue weighted by Crippen LogP contribution is 2.18. The van der Waals surface area contributed by atoms with E-state index in [1.807, 2.05) is 0 Å². The molecule has 1 aromatic rings.